The third kappa shape index (κ3) is 3.69. The van der Waals surface area contributed by atoms with Crippen LogP contribution >= 0.6 is 0 Å². The van der Waals surface area contributed by atoms with Gasteiger partial charge in [-0.3, -0.25) is 0 Å². The molecular weight excluding hydrogens is 188 g/mol. The van der Waals surface area contributed by atoms with Crippen LogP contribution in [0.15, 0.2) is 12.2 Å². The molecule has 0 saturated heterocycles. The summed E-state index contributed by atoms with van der Waals surface area (Å²) in [6, 6.07) is 0. The highest BCUT2D eigenvalue weighted by Crippen LogP contribution is 2.34. The molecule has 0 heterocycles. The van der Waals surface area contributed by atoms with E-state index in [9.17, 15) is 4.79 Å². The zero-order valence-electron chi connectivity index (χ0n) is 9.67. The summed E-state index contributed by atoms with van der Waals surface area (Å²) in [6.45, 7) is 5.82. The van der Waals surface area contributed by atoms with Gasteiger partial charge < -0.3 is 5.11 Å². The predicted octanol–water partition coefficient (Wildman–Crippen LogP) is 3.62. The molecule has 15 heavy (non-hydrogen) atoms. The molecule has 1 fully saturated rings. The quantitative estimate of drug-likeness (QED) is 0.680. The average molecular weight is 210 g/mol. The molecule has 0 aromatic rings. The Morgan fingerprint density at radius 1 is 1.47 bits per heavy atom. The fraction of sp³-hybridized carbons (Fsp3) is 0.769. The summed E-state index contributed by atoms with van der Waals surface area (Å²) in [5.41, 5.74) is 0.420. The van der Waals surface area contributed by atoms with Crippen LogP contribution < -0.4 is 0 Å². The van der Waals surface area contributed by atoms with E-state index in [1.165, 1.54) is 25.7 Å². The summed E-state index contributed by atoms with van der Waals surface area (Å²) in [5.74, 6) is 0.139. The number of aliphatic carboxylic acids is 1. The minimum absolute atomic E-state index is 0.204. The highest BCUT2D eigenvalue weighted by molar-refractivity contribution is 5.86. The van der Waals surface area contributed by atoms with Gasteiger partial charge in [-0.1, -0.05) is 45.6 Å². The van der Waals surface area contributed by atoms with Gasteiger partial charge in [0.2, 0.25) is 0 Å². The van der Waals surface area contributed by atoms with Crippen molar-refractivity contribution in [3.8, 4) is 0 Å². The Balaban J connectivity index is 2.48. The molecular formula is C13H22O2. The van der Waals surface area contributed by atoms with Crippen LogP contribution in [0.4, 0.5) is 0 Å². The molecule has 1 saturated carbocycles. The van der Waals surface area contributed by atoms with E-state index in [1.807, 2.05) is 0 Å². The van der Waals surface area contributed by atoms with Crippen molar-refractivity contribution in [2.45, 2.75) is 51.9 Å². The molecule has 1 aliphatic rings. The first-order valence-electron chi connectivity index (χ1n) is 6.07. The van der Waals surface area contributed by atoms with Gasteiger partial charge in [-0.15, -0.1) is 0 Å². The third-order valence-corrected chi connectivity index (χ3v) is 3.50. The first-order chi connectivity index (χ1) is 7.15. The second-order valence-electron chi connectivity index (χ2n) is 4.70. The summed E-state index contributed by atoms with van der Waals surface area (Å²) in [4.78, 5) is 10.9. The Hall–Kier alpha value is -0.790. The van der Waals surface area contributed by atoms with Gasteiger partial charge in [0.25, 0.3) is 0 Å². The van der Waals surface area contributed by atoms with Crippen LogP contribution in [0.1, 0.15) is 51.9 Å². The first-order valence-corrected chi connectivity index (χ1v) is 6.07. The molecule has 1 atom stereocenters. The van der Waals surface area contributed by atoms with Crippen molar-refractivity contribution in [2.75, 3.05) is 0 Å². The van der Waals surface area contributed by atoms with Crippen LogP contribution in [-0.2, 0) is 4.79 Å². The van der Waals surface area contributed by atoms with Gasteiger partial charge in [-0.2, -0.15) is 0 Å². The Morgan fingerprint density at radius 2 is 2.07 bits per heavy atom. The molecule has 0 spiro atoms. The van der Waals surface area contributed by atoms with Gasteiger partial charge in [0, 0.05) is 5.57 Å². The molecule has 0 aromatic heterocycles. The van der Waals surface area contributed by atoms with Gasteiger partial charge in [0.1, 0.15) is 0 Å². The lowest BCUT2D eigenvalue weighted by molar-refractivity contribution is -0.133. The number of hydrogen-bond donors (Lipinski definition) is 1. The van der Waals surface area contributed by atoms with E-state index in [4.69, 9.17) is 5.11 Å². The zero-order chi connectivity index (χ0) is 11.3. The van der Waals surface area contributed by atoms with Crippen molar-refractivity contribution in [1.29, 1.82) is 0 Å². The molecule has 2 nitrogen and oxygen atoms in total. The number of carboxylic acid groups (broad SMARTS) is 1. The molecule has 1 aliphatic carbocycles. The highest BCUT2D eigenvalue weighted by Gasteiger charge is 2.23. The van der Waals surface area contributed by atoms with Crippen molar-refractivity contribution >= 4 is 5.97 Å². The fourth-order valence-electron chi connectivity index (χ4n) is 2.61. The van der Waals surface area contributed by atoms with Gasteiger partial charge in [-0.25, -0.2) is 4.79 Å². The summed E-state index contributed by atoms with van der Waals surface area (Å²) in [6.07, 6.45) is 8.27. The van der Waals surface area contributed by atoms with Crippen molar-refractivity contribution in [3.05, 3.63) is 12.2 Å². The Morgan fingerprint density at radius 3 is 2.53 bits per heavy atom. The molecule has 86 valence electrons. The zero-order valence-corrected chi connectivity index (χ0v) is 9.67. The molecule has 1 rings (SSSR count). The maximum absolute atomic E-state index is 10.9. The van der Waals surface area contributed by atoms with Crippen molar-refractivity contribution in [1.82, 2.24) is 0 Å². The number of carboxylic acids is 1. The van der Waals surface area contributed by atoms with Crippen LogP contribution in [0.5, 0.6) is 0 Å². The molecule has 0 aromatic carbocycles. The predicted molar refractivity (Wildman–Crippen MR) is 61.7 cm³/mol. The smallest absolute Gasteiger partial charge is 0.331 e. The maximum atomic E-state index is 10.9. The van der Waals surface area contributed by atoms with E-state index in [0.29, 0.717) is 5.57 Å². The second kappa shape index (κ2) is 5.94. The standard InChI is InChI=1S/C13H22O2/c1-3-6-12(10(2)13(14)15)9-11-7-4-5-8-11/h11-12H,2-9H2,1H3,(H,14,15). The number of rotatable bonds is 6. The second-order valence-corrected chi connectivity index (χ2v) is 4.70. The molecule has 1 N–H and O–H groups in total. The van der Waals surface area contributed by atoms with Crippen molar-refractivity contribution in [2.24, 2.45) is 11.8 Å². The van der Waals surface area contributed by atoms with Crippen LogP contribution in [0.25, 0.3) is 0 Å². The summed E-state index contributed by atoms with van der Waals surface area (Å²) >= 11 is 0. The Kier molecular flexibility index (Phi) is 4.86. The van der Waals surface area contributed by atoms with Crippen molar-refractivity contribution < 1.29 is 9.90 Å². The minimum atomic E-state index is -0.813. The van der Waals surface area contributed by atoms with Crippen molar-refractivity contribution in [3.63, 3.8) is 0 Å². The van der Waals surface area contributed by atoms with Crippen LogP contribution in [-0.4, -0.2) is 11.1 Å². The lowest BCUT2D eigenvalue weighted by Crippen LogP contribution is -2.14. The van der Waals surface area contributed by atoms with E-state index in [1.54, 1.807) is 0 Å². The number of hydrogen-bond acceptors (Lipinski definition) is 1. The van der Waals surface area contributed by atoms with Gasteiger partial charge in [0.05, 0.1) is 0 Å². The monoisotopic (exact) mass is 210 g/mol. The average Bonchev–Trinajstić information content (AvgIpc) is 2.68. The van der Waals surface area contributed by atoms with Crippen LogP contribution in [0.3, 0.4) is 0 Å². The van der Waals surface area contributed by atoms with E-state index >= 15 is 0 Å². The SMILES string of the molecule is C=C(C(=O)O)C(CCC)CC1CCCC1. The van der Waals surface area contributed by atoms with Crippen LogP contribution in [0, 0.1) is 11.8 Å². The van der Waals surface area contributed by atoms with E-state index in [-0.39, 0.29) is 5.92 Å². The first kappa shape index (κ1) is 12.3. The highest BCUT2D eigenvalue weighted by atomic mass is 16.4. The lowest BCUT2D eigenvalue weighted by atomic mass is 9.85. The van der Waals surface area contributed by atoms with Crippen LogP contribution in [0.2, 0.25) is 0 Å². The van der Waals surface area contributed by atoms with Gasteiger partial charge in [-0.05, 0) is 24.7 Å². The summed E-state index contributed by atoms with van der Waals surface area (Å²) in [5, 5.41) is 8.95. The fourth-order valence-corrected chi connectivity index (χ4v) is 2.61. The maximum Gasteiger partial charge on any atom is 0.331 e. The summed E-state index contributed by atoms with van der Waals surface area (Å²) in [7, 11) is 0. The third-order valence-electron chi connectivity index (χ3n) is 3.50. The Labute approximate surface area is 92.4 Å². The van der Waals surface area contributed by atoms with Gasteiger partial charge in [0.15, 0.2) is 0 Å². The minimum Gasteiger partial charge on any atom is -0.478 e. The summed E-state index contributed by atoms with van der Waals surface area (Å²) < 4.78 is 0. The lowest BCUT2D eigenvalue weighted by Gasteiger charge is -2.19. The van der Waals surface area contributed by atoms with E-state index in [2.05, 4.69) is 13.5 Å². The molecule has 0 bridgehead atoms. The largest absolute Gasteiger partial charge is 0.478 e. The molecule has 2 heteroatoms. The topological polar surface area (TPSA) is 37.3 Å². The number of carbonyl (C=O) groups is 1. The van der Waals surface area contributed by atoms with E-state index < -0.39 is 5.97 Å². The van der Waals surface area contributed by atoms with E-state index in [0.717, 1.165) is 25.2 Å². The molecule has 1 unspecified atom stereocenters. The Bertz CT molecular complexity index is 227. The molecule has 0 radical (unpaired) electrons. The van der Waals surface area contributed by atoms with Gasteiger partial charge >= 0.3 is 5.97 Å². The molecule has 0 aliphatic heterocycles. The normalized spacial score (nSPS) is 19.0. The molecule has 0 amide bonds.